The topological polar surface area (TPSA) is 86.1 Å². The van der Waals surface area contributed by atoms with Crippen LogP contribution in [0.1, 0.15) is 32.7 Å². The smallest absolute Gasteiger partial charge is 0.343 e. The molecule has 0 bridgehead atoms. The fourth-order valence-corrected chi connectivity index (χ4v) is 4.35. The van der Waals surface area contributed by atoms with Crippen molar-refractivity contribution >= 4 is 39.9 Å². The second kappa shape index (κ2) is 10.2. The van der Waals surface area contributed by atoms with Crippen molar-refractivity contribution in [3.8, 4) is 11.3 Å². The zero-order valence-electron chi connectivity index (χ0n) is 19.0. The van der Waals surface area contributed by atoms with E-state index in [-0.39, 0.29) is 10.7 Å². The number of aromatic nitrogens is 3. The first-order valence-electron chi connectivity index (χ1n) is 10.6. The molecule has 0 saturated heterocycles. The van der Waals surface area contributed by atoms with Crippen molar-refractivity contribution in [2.75, 3.05) is 11.9 Å². The number of benzene rings is 2. The first-order valence-corrected chi connectivity index (χ1v) is 11.8. The van der Waals surface area contributed by atoms with Crippen LogP contribution in [0.2, 0.25) is 5.15 Å². The predicted molar refractivity (Wildman–Crippen MR) is 133 cm³/mol. The minimum Gasteiger partial charge on any atom is -0.452 e. The van der Waals surface area contributed by atoms with Crippen molar-refractivity contribution in [1.29, 1.82) is 0 Å². The minimum absolute atomic E-state index is 0.150. The Balaban J connectivity index is 1.35. The first kappa shape index (κ1) is 23.7. The zero-order chi connectivity index (χ0) is 24.2. The normalized spacial score (nSPS) is 10.8. The van der Waals surface area contributed by atoms with Gasteiger partial charge in [0.25, 0.3) is 5.91 Å². The van der Waals surface area contributed by atoms with E-state index < -0.39 is 18.5 Å². The molecule has 0 aliphatic heterocycles. The standard InChI is InChI=1S/C25H23ClN4O3S/c1-15-4-8-18(9-5-15)12-30-23(26)22(17(3)29-30)24(32)33-13-21(31)28-25-27-20(14-34-25)19-10-6-16(2)7-11-19/h4-11,14H,12-13H2,1-3H3,(H,27,28,31). The largest absolute Gasteiger partial charge is 0.452 e. The Morgan fingerprint density at radius 1 is 1.03 bits per heavy atom. The molecule has 2 aromatic heterocycles. The van der Waals surface area contributed by atoms with E-state index in [1.165, 1.54) is 11.3 Å². The van der Waals surface area contributed by atoms with Crippen molar-refractivity contribution in [1.82, 2.24) is 14.8 Å². The van der Waals surface area contributed by atoms with Crippen molar-refractivity contribution in [2.24, 2.45) is 0 Å². The molecule has 4 rings (SSSR count). The number of thiazole rings is 1. The van der Waals surface area contributed by atoms with Crippen LogP contribution in [0, 0.1) is 20.8 Å². The molecular weight excluding hydrogens is 472 g/mol. The number of amides is 1. The highest BCUT2D eigenvalue weighted by Gasteiger charge is 2.23. The Morgan fingerprint density at radius 3 is 2.35 bits per heavy atom. The van der Waals surface area contributed by atoms with E-state index >= 15 is 0 Å². The lowest BCUT2D eigenvalue weighted by atomic mass is 10.1. The fourth-order valence-electron chi connectivity index (χ4n) is 3.30. The number of hydrogen-bond donors (Lipinski definition) is 1. The highest BCUT2D eigenvalue weighted by molar-refractivity contribution is 7.14. The lowest BCUT2D eigenvalue weighted by Gasteiger charge is -2.06. The molecule has 2 heterocycles. The van der Waals surface area contributed by atoms with Crippen molar-refractivity contribution in [3.05, 3.63) is 87.0 Å². The zero-order valence-corrected chi connectivity index (χ0v) is 20.5. The first-order chi connectivity index (χ1) is 16.3. The molecule has 4 aromatic rings. The minimum atomic E-state index is -0.702. The van der Waals surface area contributed by atoms with Gasteiger partial charge in [-0.15, -0.1) is 11.3 Å². The van der Waals surface area contributed by atoms with Gasteiger partial charge in [0.1, 0.15) is 10.7 Å². The number of hydrogen-bond acceptors (Lipinski definition) is 6. The molecule has 7 nitrogen and oxygen atoms in total. The highest BCUT2D eigenvalue weighted by atomic mass is 35.5. The SMILES string of the molecule is Cc1ccc(Cn2nc(C)c(C(=O)OCC(=O)Nc3nc(-c4ccc(C)cc4)cs3)c2Cl)cc1. The number of nitrogens with one attached hydrogen (secondary N) is 1. The Bertz CT molecular complexity index is 1330. The summed E-state index contributed by atoms with van der Waals surface area (Å²) >= 11 is 7.71. The van der Waals surface area contributed by atoms with E-state index in [4.69, 9.17) is 16.3 Å². The second-order valence-corrected chi connectivity index (χ2v) is 9.14. The molecule has 0 atom stereocenters. The summed E-state index contributed by atoms with van der Waals surface area (Å²) in [6.07, 6.45) is 0. The summed E-state index contributed by atoms with van der Waals surface area (Å²) in [5.74, 6) is -1.19. The third kappa shape index (κ3) is 5.52. The third-order valence-electron chi connectivity index (χ3n) is 5.15. The van der Waals surface area contributed by atoms with Crippen molar-refractivity contribution < 1.29 is 14.3 Å². The summed E-state index contributed by atoms with van der Waals surface area (Å²) in [6.45, 7) is 5.66. The highest BCUT2D eigenvalue weighted by Crippen LogP contribution is 2.25. The molecule has 0 aliphatic rings. The molecule has 0 unspecified atom stereocenters. The monoisotopic (exact) mass is 494 g/mol. The Kier molecular flexibility index (Phi) is 7.09. The van der Waals surface area contributed by atoms with Crippen LogP contribution >= 0.6 is 22.9 Å². The molecule has 0 radical (unpaired) electrons. The summed E-state index contributed by atoms with van der Waals surface area (Å²) in [4.78, 5) is 29.3. The van der Waals surface area contributed by atoms with Crippen molar-refractivity contribution in [2.45, 2.75) is 27.3 Å². The van der Waals surface area contributed by atoms with E-state index in [9.17, 15) is 9.59 Å². The number of carbonyl (C=O) groups is 2. The van der Waals surface area contributed by atoms with E-state index in [1.807, 2.05) is 67.8 Å². The van der Waals surface area contributed by atoms with Gasteiger partial charge < -0.3 is 4.74 Å². The van der Waals surface area contributed by atoms with Gasteiger partial charge in [-0.25, -0.2) is 14.5 Å². The van der Waals surface area contributed by atoms with Gasteiger partial charge in [-0.05, 0) is 26.3 Å². The third-order valence-corrected chi connectivity index (χ3v) is 6.30. The van der Waals surface area contributed by atoms with Crippen molar-refractivity contribution in [3.63, 3.8) is 0 Å². The Hall–Kier alpha value is -3.49. The molecule has 1 N–H and O–H groups in total. The maximum absolute atomic E-state index is 12.6. The number of halogens is 1. The fraction of sp³-hybridized carbons (Fsp3) is 0.200. The number of carbonyl (C=O) groups excluding carboxylic acids is 2. The lowest BCUT2D eigenvalue weighted by Crippen LogP contribution is -2.21. The van der Waals surface area contributed by atoms with Gasteiger partial charge in [0.2, 0.25) is 0 Å². The van der Waals surface area contributed by atoms with Gasteiger partial charge in [0.15, 0.2) is 11.7 Å². The molecule has 9 heteroatoms. The molecule has 2 aromatic carbocycles. The van der Waals surface area contributed by atoms with E-state index in [0.29, 0.717) is 17.4 Å². The van der Waals surface area contributed by atoms with Gasteiger partial charge in [-0.1, -0.05) is 71.3 Å². The van der Waals surface area contributed by atoms with Gasteiger partial charge in [-0.3, -0.25) is 10.1 Å². The molecule has 1 amide bonds. The molecule has 174 valence electrons. The Morgan fingerprint density at radius 2 is 1.68 bits per heavy atom. The number of nitrogens with zero attached hydrogens (tertiary/aromatic N) is 3. The number of esters is 1. The number of ether oxygens (including phenoxy) is 1. The van der Waals surface area contributed by atoms with Crippen LogP contribution in [-0.2, 0) is 16.1 Å². The quantitative estimate of drug-likeness (QED) is 0.346. The summed E-state index contributed by atoms with van der Waals surface area (Å²) in [5, 5.41) is 9.47. The summed E-state index contributed by atoms with van der Waals surface area (Å²) in [6, 6.07) is 15.9. The van der Waals surface area contributed by atoms with Crippen LogP contribution in [-0.4, -0.2) is 33.2 Å². The maximum Gasteiger partial charge on any atom is 0.343 e. The van der Waals surface area contributed by atoms with Gasteiger partial charge in [0, 0.05) is 10.9 Å². The van der Waals surface area contributed by atoms with Crippen LogP contribution in [0.5, 0.6) is 0 Å². The maximum atomic E-state index is 12.6. The molecule has 0 saturated carbocycles. The summed E-state index contributed by atoms with van der Waals surface area (Å²) < 4.78 is 6.74. The average Bonchev–Trinajstić information content (AvgIpc) is 3.38. The lowest BCUT2D eigenvalue weighted by molar-refractivity contribution is -0.119. The Labute approximate surface area is 206 Å². The van der Waals surface area contributed by atoms with Crippen LogP contribution in [0.25, 0.3) is 11.3 Å². The second-order valence-electron chi connectivity index (χ2n) is 7.92. The molecule has 34 heavy (non-hydrogen) atoms. The average molecular weight is 495 g/mol. The number of anilines is 1. The van der Waals surface area contributed by atoms with Gasteiger partial charge in [-0.2, -0.15) is 5.10 Å². The van der Waals surface area contributed by atoms with Crippen LogP contribution in [0.3, 0.4) is 0 Å². The van der Waals surface area contributed by atoms with E-state index in [0.717, 1.165) is 27.9 Å². The predicted octanol–water partition coefficient (Wildman–Crippen LogP) is 5.43. The summed E-state index contributed by atoms with van der Waals surface area (Å²) in [5.41, 5.74) is 5.62. The van der Waals surface area contributed by atoms with Crippen LogP contribution < -0.4 is 5.32 Å². The summed E-state index contributed by atoms with van der Waals surface area (Å²) in [7, 11) is 0. The molecular formula is C25H23ClN4O3S. The van der Waals surface area contributed by atoms with Gasteiger partial charge in [0.05, 0.1) is 17.9 Å². The molecule has 0 spiro atoms. The molecule has 0 aliphatic carbocycles. The number of rotatable bonds is 7. The molecule has 0 fully saturated rings. The van der Waals surface area contributed by atoms with Gasteiger partial charge >= 0.3 is 5.97 Å². The van der Waals surface area contributed by atoms with E-state index in [2.05, 4.69) is 15.4 Å². The van der Waals surface area contributed by atoms with Crippen LogP contribution in [0.15, 0.2) is 53.9 Å². The van der Waals surface area contributed by atoms with E-state index in [1.54, 1.807) is 11.6 Å². The number of aryl methyl sites for hydroxylation is 3. The van der Waals surface area contributed by atoms with Crippen LogP contribution in [0.4, 0.5) is 5.13 Å².